The number of nitrogens with zero attached hydrogens (tertiary/aromatic N) is 2. The van der Waals surface area contributed by atoms with Gasteiger partial charge in [0.1, 0.15) is 11.5 Å². The van der Waals surface area contributed by atoms with E-state index in [9.17, 15) is 19.7 Å². The number of rotatable bonds is 9. The number of anilines is 1. The number of nitro benzene ring substituents is 1. The summed E-state index contributed by atoms with van der Waals surface area (Å²) in [4.78, 5) is 38.8. The van der Waals surface area contributed by atoms with Gasteiger partial charge in [-0.05, 0) is 30.3 Å². The molecule has 0 radical (unpaired) electrons. The molecule has 0 fully saturated rings. The number of non-ortho nitro benzene ring substituents is 1. The van der Waals surface area contributed by atoms with Crippen LogP contribution in [0.3, 0.4) is 0 Å². The molecule has 0 saturated carbocycles. The van der Waals surface area contributed by atoms with Gasteiger partial charge in [0.05, 0.1) is 24.8 Å². The summed E-state index contributed by atoms with van der Waals surface area (Å²) in [5.74, 6) is 0.549. The molecule has 0 saturated heterocycles. The van der Waals surface area contributed by atoms with Gasteiger partial charge in [-0.1, -0.05) is 0 Å². The van der Waals surface area contributed by atoms with Crippen LogP contribution in [0.4, 0.5) is 10.8 Å². The van der Waals surface area contributed by atoms with Crippen molar-refractivity contribution >= 4 is 34.0 Å². The lowest BCUT2D eigenvalue weighted by Crippen LogP contribution is -2.27. The van der Waals surface area contributed by atoms with Crippen molar-refractivity contribution in [2.45, 2.75) is 6.42 Å². The predicted octanol–water partition coefficient (Wildman–Crippen LogP) is 3.49. The first-order chi connectivity index (χ1) is 15.4. The minimum atomic E-state index is -0.541. The van der Waals surface area contributed by atoms with Crippen molar-refractivity contribution in [2.75, 3.05) is 26.1 Å². The third kappa shape index (κ3) is 5.58. The predicted molar refractivity (Wildman–Crippen MR) is 119 cm³/mol. The first-order valence-corrected chi connectivity index (χ1v) is 10.3. The van der Waals surface area contributed by atoms with Crippen LogP contribution in [0.2, 0.25) is 0 Å². The highest BCUT2D eigenvalue weighted by Crippen LogP contribution is 2.35. The van der Waals surface area contributed by atoms with Gasteiger partial charge in [-0.3, -0.25) is 19.7 Å². The Hall–Kier alpha value is -3.99. The number of amides is 2. The second-order valence-electron chi connectivity index (χ2n) is 6.46. The van der Waals surface area contributed by atoms with Crippen molar-refractivity contribution in [3.05, 3.63) is 63.5 Å². The van der Waals surface area contributed by atoms with Gasteiger partial charge in [0.2, 0.25) is 5.91 Å². The molecule has 0 bridgehead atoms. The fourth-order valence-corrected chi connectivity index (χ4v) is 3.50. The third-order valence-corrected chi connectivity index (χ3v) is 5.17. The van der Waals surface area contributed by atoms with Crippen LogP contribution in [0.15, 0.2) is 47.8 Å². The first-order valence-electron chi connectivity index (χ1n) is 9.41. The summed E-state index contributed by atoms with van der Waals surface area (Å²) in [6.07, 6.45) is 0.0378. The van der Waals surface area contributed by atoms with Crippen molar-refractivity contribution in [3.63, 3.8) is 0 Å². The van der Waals surface area contributed by atoms with Crippen LogP contribution >= 0.6 is 11.3 Å². The lowest BCUT2D eigenvalue weighted by Gasteiger charge is -2.08. The van der Waals surface area contributed by atoms with E-state index in [1.54, 1.807) is 37.8 Å². The number of nitro groups is 1. The Labute approximate surface area is 187 Å². The van der Waals surface area contributed by atoms with Crippen LogP contribution in [-0.2, 0) is 4.79 Å². The van der Waals surface area contributed by atoms with Crippen molar-refractivity contribution < 1.29 is 24.0 Å². The van der Waals surface area contributed by atoms with E-state index in [2.05, 4.69) is 15.6 Å². The van der Waals surface area contributed by atoms with Crippen molar-refractivity contribution in [1.29, 1.82) is 0 Å². The third-order valence-electron chi connectivity index (χ3n) is 4.41. The molecule has 0 atom stereocenters. The van der Waals surface area contributed by atoms with E-state index in [0.717, 1.165) is 5.56 Å². The Morgan fingerprint density at radius 1 is 1.12 bits per heavy atom. The SMILES string of the molecule is COc1ccc(OC)c(-c2csc(NC(=O)CCNC(=O)c3ccc([N+](=O)[O-])cc3)n2)c1. The molecule has 166 valence electrons. The molecule has 1 heterocycles. The second kappa shape index (κ2) is 10.4. The number of methoxy groups -OCH3 is 2. The van der Waals surface area contributed by atoms with Crippen LogP contribution < -0.4 is 20.1 Å². The summed E-state index contributed by atoms with van der Waals surface area (Å²) in [5, 5.41) is 18.2. The van der Waals surface area contributed by atoms with Crippen LogP contribution in [-0.4, -0.2) is 42.5 Å². The molecule has 11 heteroatoms. The number of hydrogen-bond acceptors (Lipinski definition) is 8. The monoisotopic (exact) mass is 456 g/mol. The van der Waals surface area contributed by atoms with Gasteiger partial charge < -0.3 is 20.1 Å². The normalized spacial score (nSPS) is 10.3. The summed E-state index contributed by atoms with van der Waals surface area (Å²) >= 11 is 1.26. The highest BCUT2D eigenvalue weighted by molar-refractivity contribution is 7.14. The number of carbonyl (C=O) groups is 2. The molecule has 1 aromatic heterocycles. The Morgan fingerprint density at radius 2 is 1.88 bits per heavy atom. The standard InChI is InChI=1S/C21H20N4O6S/c1-30-15-7-8-18(31-2)16(11-15)17-12-32-21(23-17)24-19(26)9-10-22-20(27)13-3-5-14(6-4-13)25(28)29/h3-8,11-12H,9-10H2,1-2H3,(H,22,27)(H,23,24,26). The van der Waals surface area contributed by atoms with E-state index in [0.29, 0.717) is 22.3 Å². The van der Waals surface area contributed by atoms with Crippen molar-refractivity contribution in [3.8, 4) is 22.8 Å². The fourth-order valence-electron chi connectivity index (χ4n) is 2.78. The Morgan fingerprint density at radius 3 is 2.53 bits per heavy atom. The zero-order chi connectivity index (χ0) is 23.1. The number of benzene rings is 2. The highest BCUT2D eigenvalue weighted by Gasteiger charge is 2.14. The molecule has 10 nitrogen and oxygen atoms in total. The van der Waals surface area contributed by atoms with Crippen molar-refractivity contribution in [1.82, 2.24) is 10.3 Å². The molecule has 0 unspecified atom stereocenters. The zero-order valence-electron chi connectivity index (χ0n) is 17.3. The van der Waals surface area contributed by atoms with E-state index in [1.807, 2.05) is 0 Å². The number of aromatic nitrogens is 1. The number of ether oxygens (including phenoxy) is 2. The second-order valence-corrected chi connectivity index (χ2v) is 7.32. The van der Waals surface area contributed by atoms with Gasteiger partial charge in [-0.15, -0.1) is 11.3 Å². The number of hydrogen-bond donors (Lipinski definition) is 2. The number of nitrogens with one attached hydrogen (secondary N) is 2. The molecule has 2 aromatic carbocycles. The first kappa shape index (κ1) is 22.7. The van der Waals surface area contributed by atoms with Crippen LogP contribution in [0, 0.1) is 10.1 Å². The Balaban J connectivity index is 1.53. The fraction of sp³-hybridized carbons (Fsp3) is 0.190. The van der Waals surface area contributed by atoms with E-state index in [1.165, 1.54) is 35.6 Å². The molecular weight excluding hydrogens is 436 g/mol. The molecule has 0 aliphatic carbocycles. The number of thiazole rings is 1. The van der Waals surface area contributed by atoms with E-state index < -0.39 is 10.8 Å². The van der Waals surface area contributed by atoms with Gasteiger partial charge >= 0.3 is 0 Å². The topological polar surface area (TPSA) is 133 Å². The van der Waals surface area contributed by atoms with Gasteiger partial charge in [0.15, 0.2) is 5.13 Å². The summed E-state index contributed by atoms with van der Waals surface area (Å²) in [5.41, 5.74) is 1.54. The quantitative estimate of drug-likeness (QED) is 0.372. The lowest BCUT2D eigenvalue weighted by molar-refractivity contribution is -0.384. The maximum atomic E-state index is 12.2. The summed E-state index contributed by atoms with van der Waals surface area (Å²) < 4.78 is 10.6. The number of carbonyl (C=O) groups excluding carboxylic acids is 2. The van der Waals surface area contributed by atoms with Gasteiger partial charge in [-0.2, -0.15) is 0 Å². The largest absolute Gasteiger partial charge is 0.497 e. The minimum absolute atomic E-state index is 0.0378. The average Bonchev–Trinajstić information content (AvgIpc) is 3.26. The lowest BCUT2D eigenvalue weighted by atomic mass is 10.1. The Kier molecular flexibility index (Phi) is 7.34. The highest BCUT2D eigenvalue weighted by atomic mass is 32.1. The summed E-state index contributed by atoms with van der Waals surface area (Å²) in [7, 11) is 3.13. The molecule has 3 aromatic rings. The average molecular weight is 456 g/mol. The minimum Gasteiger partial charge on any atom is -0.497 e. The Bertz CT molecular complexity index is 1130. The molecule has 2 amide bonds. The molecule has 32 heavy (non-hydrogen) atoms. The van der Waals surface area contributed by atoms with Gasteiger partial charge in [0, 0.05) is 41.6 Å². The molecular formula is C21H20N4O6S. The van der Waals surface area contributed by atoms with Gasteiger partial charge in [-0.25, -0.2) is 4.98 Å². The molecule has 0 aliphatic rings. The smallest absolute Gasteiger partial charge is 0.269 e. The van der Waals surface area contributed by atoms with Gasteiger partial charge in [0.25, 0.3) is 11.6 Å². The van der Waals surface area contributed by atoms with Crippen LogP contribution in [0.5, 0.6) is 11.5 Å². The van der Waals surface area contributed by atoms with Crippen LogP contribution in [0.1, 0.15) is 16.8 Å². The molecule has 0 spiro atoms. The summed E-state index contributed by atoms with van der Waals surface area (Å²) in [6.45, 7) is 0.101. The van der Waals surface area contributed by atoms with E-state index in [-0.39, 0.29) is 30.1 Å². The van der Waals surface area contributed by atoms with E-state index in [4.69, 9.17) is 9.47 Å². The maximum absolute atomic E-state index is 12.2. The molecule has 2 N–H and O–H groups in total. The van der Waals surface area contributed by atoms with Crippen LogP contribution in [0.25, 0.3) is 11.3 Å². The van der Waals surface area contributed by atoms with Crippen molar-refractivity contribution in [2.24, 2.45) is 0 Å². The van der Waals surface area contributed by atoms with E-state index >= 15 is 0 Å². The molecule has 3 rings (SSSR count). The summed E-state index contributed by atoms with van der Waals surface area (Å²) in [6, 6.07) is 10.6. The molecule has 0 aliphatic heterocycles. The zero-order valence-corrected chi connectivity index (χ0v) is 18.1. The maximum Gasteiger partial charge on any atom is 0.269 e.